The average molecular weight is 298 g/mol. The lowest BCUT2D eigenvalue weighted by Gasteiger charge is -2.06. The Morgan fingerprint density at radius 2 is 1.86 bits per heavy atom. The predicted molar refractivity (Wildman–Crippen MR) is 78.8 cm³/mol. The molecule has 2 heterocycles. The number of hydrogen-bond donors (Lipinski definition) is 2. The summed E-state index contributed by atoms with van der Waals surface area (Å²) >= 11 is 1.45. The molecule has 21 heavy (non-hydrogen) atoms. The van der Waals surface area contributed by atoms with Gasteiger partial charge in [0.1, 0.15) is 5.69 Å². The summed E-state index contributed by atoms with van der Waals surface area (Å²) in [6.45, 7) is 0. The zero-order valence-corrected chi connectivity index (χ0v) is 11.6. The first kappa shape index (κ1) is 13.2. The van der Waals surface area contributed by atoms with Crippen molar-refractivity contribution >= 4 is 33.4 Å². The molecule has 0 saturated carbocycles. The van der Waals surface area contributed by atoms with Crippen molar-refractivity contribution in [2.75, 3.05) is 0 Å². The second-order valence-electron chi connectivity index (χ2n) is 4.16. The highest BCUT2D eigenvalue weighted by Gasteiger charge is 2.10. The summed E-state index contributed by atoms with van der Waals surface area (Å²) in [6.07, 6.45) is 1.51. The Labute approximate surface area is 123 Å². The third-order valence-electron chi connectivity index (χ3n) is 2.78. The highest BCUT2D eigenvalue weighted by Crippen LogP contribution is 2.18. The van der Waals surface area contributed by atoms with Crippen molar-refractivity contribution in [2.24, 2.45) is 0 Å². The third kappa shape index (κ3) is 2.87. The van der Waals surface area contributed by atoms with E-state index in [0.29, 0.717) is 5.56 Å². The summed E-state index contributed by atoms with van der Waals surface area (Å²) in [5, 5.41) is 0. The van der Waals surface area contributed by atoms with Crippen molar-refractivity contribution in [3.8, 4) is 0 Å². The molecule has 0 spiro atoms. The average Bonchev–Trinajstić information content (AvgIpc) is 3.00. The van der Waals surface area contributed by atoms with E-state index in [-0.39, 0.29) is 5.69 Å². The smallest absolute Gasteiger partial charge is 0.267 e. The maximum absolute atomic E-state index is 12.0. The molecule has 0 radical (unpaired) electrons. The fraction of sp³-hybridized carbons (Fsp3) is 0. The van der Waals surface area contributed by atoms with Gasteiger partial charge >= 0.3 is 0 Å². The van der Waals surface area contributed by atoms with Crippen LogP contribution in [0.2, 0.25) is 0 Å². The van der Waals surface area contributed by atoms with Gasteiger partial charge in [-0.1, -0.05) is 6.07 Å². The SMILES string of the molecule is O=C(NNC(=O)c1ccccn1)c1ccc2ncsc2c1. The molecule has 3 aromatic rings. The highest BCUT2D eigenvalue weighted by atomic mass is 32.1. The topological polar surface area (TPSA) is 84.0 Å². The van der Waals surface area contributed by atoms with Crippen LogP contribution in [-0.2, 0) is 0 Å². The van der Waals surface area contributed by atoms with E-state index in [0.717, 1.165) is 10.2 Å². The Morgan fingerprint density at radius 1 is 1.00 bits per heavy atom. The number of amides is 2. The quantitative estimate of drug-likeness (QED) is 0.706. The minimum Gasteiger partial charge on any atom is -0.267 e. The van der Waals surface area contributed by atoms with Crippen LogP contribution in [0.3, 0.4) is 0 Å². The summed E-state index contributed by atoms with van der Waals surface area (Å²) in [7, 11) is 0. The molecule has 0 unspecified atom stereocenters. The lowest BCUT2D eigenvalue weighted by atomic mass is 10.2. The van der Waals surface area contributed by atoms with E-state index in [1.54, 1.807) is 41.9 Å². The standard InChI is InChI=1S/C14H10N4O2S/c19-13(9-4-5-10-12(7-9)21-8-16-10)17-18-14(20)11-3-1-2-6-15-11/h1-8H,(H,17,19)(H,18,20). The van der Waals surface area contributed by atoms with Crippen LogP contribution in [-0.4, -0.2) is 21.8 Å². The summed E-state index contributed by atoms with van der Waals surface area (Å²) in [4.78, 5) is 31.8. The number of rotatable bonds is 2. The molecule has 104 valence electrons. The Kier molecular flexibility index (Phi) is 3.57. The van der Waals surface area contributed by atoms with Crippen LogP contribution in [0.1, 0.15) is 20.8 Å². The largest absolute Gasteiger partial charge is 0.288 e. The van der Waals surface area contributed by atoms with E-state index in [4.69, 9.17) is 0 Å². The van der Waals surface area contributed by atoms with Gasteiger partial charge in [0.2, 0.25) is 0 Å². The monoisotopic (exact) mass is 298 g/mol. The number of nitrogens with one attached hydrogen (secondary N) is 2. The van der Waals surface area contributed by atoms with Crippen LogP contribution in [0.5, 0.6) is 0 Å². The first-order valence-corrected chi connectivity index (χ1v) is 6.97. The second-order valence-corrected chi connectivity index (χ2v) is 5.04. The molecule has 0 bridgehead atoms. The van der Waals surface area contributed by atoms with E-state index in [1.165, 1.54) is 17.5 Å². The van der Waals surface area contributed by atoms with E-state index >= 15 is 0 Å². The number of nitrogens with zero attached hydrogens (tertiary/aromatic N) is 2. The first-order valence-electron chi connectivity index (χ1n) is 6.09. The van der Waals surface area contributed by atoms with Gasteiger partial charge < -0.3 is 0 Å². The molecule has 0 fully saturated rings. The lowest BCUT2D eigenvalue weighted by molar-refractivity contribution is 0.0844. The van der Waals surface area contributed by atoms with Crippen LogP contribution >= 0.6 is 11.3 Å². The molecule has 3 rings (SSSR count). The number of carbonyl (C=O) groups is 2. The molecule has 0 saturated heterocycles. The van der Waals surface area contributed by atoms with Gasteiger partial charge in [-0.3, -0.25) is 25.4 Å². The van der Waals surface area contributed by atoms with Gasteiger partial charge in [0, 0.05) is 11.8 Å². The van der Waals surface area contributed by atoms with Crippen LogP contribution in [0.4, 0.5) is 0 Å². The number of carbonyl (C=O) groups excluding carboxylic acids is 2. The normalized spacial score (nSPS) is 10.3. The molecule has 0 aliphatic rings. The summed E-state index contributed by atoms with van der Waals surface area (Å²) < 4.78 is 0.915. The maximum Gasteiger partial charge on any atom is 0.288 e. The Balaban J connectivity index is 1.67. The van der Waals surface area contributed by atoms with Gasteiger partial charge in [-0.25, -0.2) is 4.98 Å². The van der Waals surface area contributed by atoms with Crippen molar-refractivity contribution < 1.29 is 9.59 Å². The second kappa shape index (κ2) is 5.68. The molecule has 0 aliphatic heterocycles. The molecule has 6 nitrogen and oxygen atoms in total. The Bertz CT molecular complexity index is 801. The van der Waals surface area contributed by atoms with Crippen molar-refractivity contribution in [3.05, 3.63) is 59.4 Å². The van der Waals surface area contributed by atoms with Gasteiger partial charge in [-0.2, -0.15) is 0 Å². The van der Waals surface area contributed by atoms with E-state index in [2.05, 4.69) is 20.8 Å². The zero-order valence-electron chi connectivity index (χ0n) is 10.7. The van der Waals surface area contributed by atoms with Gasteiger partial charge in [-0.15, -0.1) is 11.3 Å². The van der Waals surface area contributed by atoms with Crippen LogP contribution < -0.4 is 10.9 Å². The molecular weight excluding hydrogens is 288 g/mol. The van der Waals surface area contributed by atoms with Crippen molar-refractivity contribution in [3.63, 3.8) is 0 Å². The molecule has 2 N–H and O–H groups in total. The van der Waals surface area contributed by atoms with Gasteiger partial charge in [0.25, 0.3) is 11.8 Å². The van der Waals surface area contributed by atoms with Crippen molar-refractivity contribution in [1.82, 2.24) is 20.8 Å². The molecular formula is C14H10N4O2S. The molecule has 0 atom stereocenters. The number of pyridine rings is 1. The lowest BCUT2D eigenvalue weighted by Crippen LogP contribution is -2.41. The van der Waals surface area contributed by atoms with E-state index in [1.807, 2.05) is 0 Å². The van der Waals surface area contributed by atoms with Crippen molar-refractivity contribution in [2.45, 2.75) is 0 Å². The van der Waals surface area contributed by atoms with Gasteiger partial charge in [-0.05, 0) is 30.3 Å². The molecule has 1 aromatic carbocycles. The molecule has 2 aromatic heterocycles. The fourth-order valence-electron chi connectivity index (χ4n) is 1.74. The number of hydrazine groups is 1. The number of aromatic nitrogens is 2. The summed E-state index contributed by atoms with van der Waals surface area (Å²) in [5.74, 6) is -0.864. The van der Waals surface area contributed by atoms with E-state index < -0.39 is 11.8 Å². The molecule has 2 amide bonds. The number of fused-ring (bicyclic) bond motifs is 1. The predicted octanol–water partition coefficient (Wildman–Crippen LogP) is 1.77. The van der Waals surface area contributed by atoms with Crippen LogP contribution in [0.15, 0.2) is 48.1 Å². The van der Waals surface area contributed by atoms with Crippen molar-refractivity contribution in [1.29, 1.82) is 0 Å². The first-order chi connectivity index (χ1) is 10.2. The Morgan fingerprint density at radius 3 is 2.67 bits per heavy atom. The minimum atomic E-state index is -0.470. The van der Waals surface area contributed by atoms with Gasteiger partial charge in [0.05, 0.1) is 15.7 Å². The summed E-state index contributed by atoms with van der Waals surface area (Å²) in [5.41, 5.74) is 7.93. The molecule has 0 aliphatic carbocycles. The number of benzene rings is 1. The zero-order chi connectivity index (χ0) is 14.7. The summed E-state index contributed by atoms with van der Waals surface area (Å²) in [6, 6.07) is 10.1. The number of hydrogen-bond acceptors (Lipinski definition) is 5. The van der Waals surface area contributed by atoms with Crippen LogP contribution in [0.25, 0.3) is 10.2 Å². The molecule has 7 heteroatoms. The van der Waals surface area contributed by atoms with Crippen LogP contribution in [0, 0.1) is 0 Å². The Hall–Kier alpha value is -2.80. The number of thiazole rings is 1. The van der Waals surface area contributed by atoms with Gasteiger partial charge in [0.15, 0.2) is 0 Å². The fourth-order valence-corrected chi connectivity index (χ4v) is 2.46. The third-order valence-corrected chi connectivity index (χ3v) is 3.57. The van der Waals surface area contributed by atoms with E-state index in [9.17, 15) is 9.59 Å². The highest BCUT2D eigenvalue weighted by molar-refractivity contribution is 7.16. The minimum absolute atomic E-state index is 0.232. The maximum atomic E-state index is 12.0.